The molecule has 5 heteroatoms. The zero-order chi connectivity index (χ0) is 16.8. The van der Waals surface area contributed by atoms with Crippen LogP contribution in [0.5, 0.6) is 11.5 Å². The molecule has 2 aromatic heterocycles. The van der Waals surface area contributed by atoms with Gasteiger partial charge in [-0.05, 0) is 36.4 Å². The lowest BCUT2D eigenvalue weighted by Crippen LogP contribution is -2.13. The van der Waals surface area contributed by atoms with Crippen LogP contribution in [0.3, 0.4) is 0 Å². The van der Waals surface area contributed by atoms with Gasteiger partial charge < -0.3 is 10.1 Å². The van der Waals surface area contributed by atoms with Crippen molar-refractivity contribution >= 4 is 11.7 Å². The van der Waals surface area contributed by atoms with E-state index in [0.717, 1.165) is 0 Å². The molecule has 1 amide bonds. The van der Waals surface area contributed by atoms with E-state index in [2.05, 4.69) is 21.2 Å². The van der Waals surface area contributed by atoms with Crippen molar-refractivity contribution in [1.82, 2.24) is 9.97 Å². The van der Waals surface area contributed by atoms with Crippen LogP contribution in [0.4, 0.5) is 5.82 Å². The van der Waals surface area contributed by atoms with Crippen molar-refractivity contribution in [2.24, 2.45) is 0 Å². The van der Waals surface area contributed by atoms with Crippen LogP contribution in [0, 0.1) is 12.3 Å². The molecule has 0 spiro atoms. The summed E-state index contributed by atoms with van der Waals surface area (Å²) in [4.78, 5) is 20.4. The summed E-state index contributed by atoms with van der Waals surface area (Å²) in [6.07, 6.45) is 10.2. The van der Waals surface area contributed by atoms with E-state index in [1.807, 2.05) is 0 Å². The highest BCUT2D eigenvalue weighted by atomic mass is 16.5. The van der Waals surface area contributed by atoms with E-state index < -0.39 is 0 Å². The Hall–Kier alpha value is -3.65. The predicted molar refractivity (Wildman–Crippen MR) is 90.9 cm³/mol. The van der Waals surface area contributed by atoms with Crippen LogP contribution in [0.1, 0.15) is 15.9 Å². The number of carbonyl (C=O) groups is 1. The van der Waals surface area contributed by atoms with Gasteiger partial charge in [0, 0.05) is 29.6 Å². The molecule has 1 aromatic carbocycles. The molecule has 0 radical (unpaired) electrons. The van der Waals surface area contributed by atoms with Crippen molar-refractivity contribution in [2.45, 2.75) is 0 Å². The highest BCUT2D eigenvalue weighted by Crippen LogP contribution is 2.22. The second kappa shape index (κ2) is 7.07. The van der Waals surface area contributed by atoms with Crippen LogP contribution in [0.25, 0.3) is 0 Å². The molecule has 0 aliphatic carbocycles. The fourth-order valence-electron chi connectivity index (χ4n) is 2.03. The molecule has 0 fully saturated rings. The third kappa shape index (κ3) is 3.76. The van der Waals surface area contributed by atoms with Gasteiger partial charge in [0.25, 0.3) is 5.91 Å². The van der Waals surface area contributed by atoms with Gasteiger partial charge >= 0.3 is 0 Å². The van der Waals surface area contributed by atoms with E-state index in [1.54, 1.807) is 67.1 Å². The van der Waals surface area contributed by atoms with Crippen molar-refractivity contribution in [3.8, 4) is 23.8 Å². The number of nitrogens with one attached hydrogen (secondary N) is 1. The van der Waals surface area contributed by atoms with E-state index in [4.69, 9.17) is 11.2 Å². The van der Waals surface area contributed by atoms with Crippen LogP contribution < -0.4 is 10.1 Å². The first kappa shape index (κ1) is 15.3. The minimum Gasteiger partial charge on any atom is -0.456 e. The average Bonchev–Trinajstić information content (AvgIpc) is 2.63. The number of pyridine rings is 2. The quantitative estimate of drug-likeness (QED) is 0.748. The minimum atomic E-state index is -0.293. The van der Waals surface area contributed by atoms with E-state index in [9.17, 15) is 4.79 Å². The van der Waals surface area contributed by atoms with Gasteiger partial charge in [-0.25, -0.2) is 4.98 Å². The number of anilines is 1. The Balaban J connectivity index is 1.74. The number of carbonyl (C=O) groups excluding carboxylic acids is 1. The highest BCUT2D eigenvalue weighted by Gasteiger charge is 2.08. The Morgan fingerprint density at radius 1 is 1.08 bits per heavy atom. The number of benzene rings is 1. The summed E-state index contributed by atoms with van der Waals surface area (Å²) in [5.74, 6) is 3.74. The molecule has 0 bridgehead atoms. The fraction of sp³-hybridized carbons (Fsp3) is 0. The Morgan fingerprint density at radius 3 is 2.79 bits per heavy atom. The number of nitrogens with zero attached hydrogens (tertiary/aromatic N) is 2. The fourth-order valence-corrected chi connectivity index (χ4v) is 2.03. The summed E-state index contributed by atoms with van der Waals surface area (Å²) >= 11 is 0. The molecule has 3 rings (SSSR count). The Morgan fingerprint density at radius 2 is 2.00 bits per heavy atom. The van der Waals surface area contributed by atoms with Crippen molar-refractivity contribution in [1.29, 1.82) is 0 Å². The minimum absolute atomic E-state index is 0.293. The molecule has 0 saturated heterocycles. The molecule has 0 saturated carbocycles. The first-order valence-electron chi connectivity index (χ1n) is 7.16. The largest absolute Gasteiger partial charge is 0.456 e. The van der Waals surface area contributed by atoms with Crippen LogP contribution in [0.15, 0.2) is 67.1 Å². The Kier molecular flexibility index (Phi) is 4.50. The number of terminal acetylenes is 1. The van der Waals surface area contributed by atoms with E-state index in [1.165, 1.54) is 0 Å². The maximum Gasteiger partial charge on any atom is 0.256 e. The number of ether oxygens (including phenoxy) is 1. The summed E-state index contributed by atoms with van der Waals surface area (Å²) in [7, 11) is 0. The van der Waals surface area contributed by atoms with Crippen LogP contribution in [-0.2, 0) is 0 Å². The summed E-state index contributed by atoms with van der Waals surface area (Å²) in [6.45, 7) is 0. The highest BCUT2D eigenvalue weighted by molar-refractivity contribution is 6.04. The summed E-state index contributed by atoms with van der Waals surface area (Å²) < 4.78 is 5.66. The number of aromatic nitrogens is 2. The summed E-state index contributed by atoms with van der Waals surface area (Å²) in [5, 5.41) is 2.72. The molecule has 2 heterocycles. The summed E-state index contributed by atoms with van der Waals surface area (Å²) in [5.41, 5.74) is 1.11. The third-order valence-corrected chi connectivity index (χ3v) is 3.13. The molecule has 0 aliphatic heterocycles. The lowest BCUT2D eigenvalue weighted by molar-refractivity contribution is 0.102. The van der Waals surface area contributed by atoms with Crippen LogP contribution in [-0.4, -0.2) is 15.9 Å². The maximum absolute atomic E-state index is 12.3. The molecule has 5 nitrogen and oxygen atoms in total. The van der Waals surface area contributed by atoms with E-state index >= 15 is 0 Å². The van der Waals surface area contributed by atoms with Gasteiger partial charge in [0.05, 0.1) is 6.20 Å². The average molecular weight is 315 g/mol. The molecular weight excluding hydrogens is 302 g/mol. The van der Waals surface area contributed by atoms with Crippen molar-refractivity contribution < 1.29 is 9.53 Å². The van der Waals surface area contributed by atoms with Crippen LogP contribution >= 0.6 is 0 Å². The van der Waals surface area contributed by atoms with Gasteiger partial charge in [-0.15, -0.1) is 6.42 Å². The van der Waals surface area contributed by atoms with Crippen molar-refractivity contribution in [3.63, 3.8) is 0 Å². The molecule has 0 unspecified atom stereocenters. The number of rotatable bonds is 4. The first-order chi connectivity index (χ1) is 11.7. The van der Waals surface area contributed by atoms with Gasteiger partial charge in [0.1, 0.15) is 17.3 Å². The van der Waals surface area contributed by atoms with Crippen molar-refractivity contribution in [2.75, 3.05) is 5.32 Å². The van der Waals surface area contributed by atoms with Gasteiger partial charge in [0.2, 0.25) is 0 Å². The van der Waals surface area contributed by atoms with E-state index in [-0.39, 0.29) is 5.91 Å². The standard InChI is InChI=1S/C19H13N3O2/c1-2-14-5-3-6-15(11-14)19(23)22-18-12-16(8-10-21-18)24-17-7-4-9-20-13-17/h1,3-13H,(H,21,22,23). The van der Waals surface area contributed by atoms with Gasteiger partial charge in [-0.2, -0.15) is 0 Å². The predicted octanol–water partition coefficient (Wildman–Crippen LogP) is 3.50. The molecule has 24 heavy (non-hydrogen) atoms. The van der Waals surface area contributed by atoms with Gasteiger partial charge in [-0.1, -0.05) is 12.0 Å². The van der Waals surface area contributed by atoms with Crippen molar-refractivity contribution in [3.05, 3.63) is 78.2 Å². The number of hydrogen-bond acceptors (Lipinski definition) is 4. The zero-order valence-electron chi connectivity index (χ0n) is 12.6. The molecule has 3 aromatic rings. The Bertz CT molecular complexity index is 902. The normalized spacial score (nSPS) is 9.79. The zero-order valence-corrected chi connectivity index (χ0v) is 12.6. The first-order valence-corrected chi connectivity index (χ1v) is 7.16. The van der Waals surface area contributed by atoms with Gasteiger partial charge in [0.15, 0.2) is 0 Å². The summed E-state index contributed by atoms with van der Waals surface area (Å²) in [6, 6.07) is 13.7. The Labute approximate surface area is 139 Å². The van der Waals surface area contributed by atoms with Crippen LogP contribution in [0.2, 0.25) is 0 Å². The molecule has 1 N–H and O–H groups in total. The molecule has 0 atom stereocenters. The number of amides is 1. The topological polar surface area (TPSA) is 64.1 Å². The maximum atomic E-state index is 12.3. The lowest BCUT2D eigenvalue weighted by Gasteiger charge is -2.08. The van der Waals surface area contributed by atoms with Gasteiger partial charge in [-0.3, -0.25) is 9.78 Å². The lowest BCUT2D eigenvalue weighted by atomic mass is 10.1. The third-order valence-electron chi connectivity index (χ3n) is 3.13. The molecule has 116 valence electrons. The SMILES string of the molecule is C#Cc1cccc(C(=O)Nc2cc(Oc3cccnc3)ccn2)c1. The second-order valence-corrected chi connectivity index (χ2v) is 4.85. The smallest absolute Gasteiger partial charge is 0.256 e. The number of hydrogen-bond donors (Lipinski definition) is 1. The second-order valence-electron chi connectivity index (χ2n) is 4.85. The van der Waals surface area contributed by atoms with E-state index in [0.29, 0.717) is 28.4 Å². The monoisotopic (exact) mass is 315 g/mol. The molecular formula is C19H13N3O2. The molecule has 0 aliphatic rings.